The van der Waals surface area contributed by atoms with Crippen molar-refractivity contribution in [2.75, 3.05) is 13.6 Å². The van der Waals surface area contributed by atoms with Crippen LogP contribution in [0.5, 0.6) is 0 Å². The Labute approximate surface area is 341 Å². The predicted molar refractivity (Wildman–Crippen MR) is 161 cm³/mol. The molecule has 0 bridgehead atoms. The zero-order valence-corrected chi connectivity index (χ0v) is 35.2. The standard InChI is InChI=1S/C34H46NO7P.3Na/c1-4-25(33(39)40)20-26(21-27(34(41)42)19-23(2)32(37)38)31(36)35(3)22-24-15-17-30(18-16-24)43(28-11-7-5-8-12-28)29-13-9-6-10-14-29;;;/h5-14,23-27,30H,4,15-22H2,1-3H3,(H,37,38)(H,39,40)(H,41,42);;;/q;3*+1/p-3. The molecular weight excluding hydrogens is 634 g/mol. The number of aliphatic carboxylic acids is 3. The van der Waals surface area contributed by atoms with E-state index in [2.05, 4.69) is 48.5 Å². The molecule has 4 atom stereocenters. The monoisotopic (exact) mass is 677 g/mol. The van der Waals surface area contributed by atoms with Crippen LogP contribution in [-0.4, -0.2) is 48.0 Å². The van der Waals surface area contributed by atoms with Crippen LogP contribution in [0.15, 0.2) is 60.7 Å². The number of amides is 1. The van der Waals surface area contributed by atoms with Crippen molar-refractivity contribution >= 4 is 42.3 Å². The molecule has 234 valence electrons. The Bertz CT molecular complexity index is 1180. The minimum Gasteiger partial charge on any atom is -0.550 e. The van der Waals surface area contributed by atoms with Gasteiger partial charge in [0.2, 0.25) is 5.91 Å². The van der Waals surface area contributed by atoms with Gasteiger partial charge in [-0.15, -0.1) is 0 Å². The van der Waals surface area contributed by atoms with E-state index in [0.717, 1.165) is 25.7 Å². The van der Waals surface area contributed by atoms with Crippen LogP contribution in [-0.2, 0) is 19.2 Å². The van der Waals surface area contributed by atoms with Gasteiger partial charge in [0.1, 0.15) is 0 Å². The van der Waals surface area contributed by atoms with E-state index in [9.17, 15) is 34.5 Å². The van der Waals surface area contributed by atoms with Crippen LogP contribution < -0.4 is 115 Å². The third kappa shape index (κ3) is 13.9. The van der Waals surface area contributed by atoms with E-state index in [1.54, 1.807) is 18.9 Å². The summed E-state index contributed by atoms with van der Waals surface area (Å²) < 4.78 is 0. The molecule has 2 aromatic carbocycles. The van der Waals surface area contributed by atoms with E-state index in [4.69, 9.17) is 0 Å². The summed E-state index contributed by atoms with van der Waals surface area (Å²) in [6.45, 7) is 3.52. The summed E-state index contributed by atoms with van der Waals surface area (Å²) in [6, 6.07) is 21.3. The van der Waals surface area contributed by atoms with Gasteiger partial charge in [-0.3, -0.25) is 4.79 Å². The van der Waals surface area contributed by atoms with Crippen LogP contribution in [0.3, 0.4) is 0 Å². The predicted octanol–water partition coefficient (Wildman–Crippen LogP) is -7.54. The molecule has 0 aromatic heterocycles. The van der Waals surface area contributed by atoms with Gasteiger partial charge in [0.15, 0.2) is 0 Å². The largest absolute Gasteiger partial charge is 1.00 e. The fourth-order valence-corrected chi connectivity index (χ4v) is 9.29. The second-order valence-electron chi connectivity index (χ2n) is 12.0. The first-order valence-corrected chi connectivity index (χ1v) is 16.7. The molecule has 8 nitrogen and oxygen atoms in total. The molecule has 0 radical (unpaired) electrons. The molecule has 4 unspecified atom stereocenters. The average molecular weight is 678 g/mol. The molecular formula is C34H43NNa3O7P. The zero-order chi connectivity index (χ0) is 31.5. The Kier molecular flexibility index (Phi) is 23.1. The third-order valence-corrected chi connectivity index (χ3v) is 11.8. The third-order valence-electron chi connectivity index (χ3n) is 8.85. The number of benzene rings is 2. The van der Waals surface area contributed by atoms with Gasteiger partial charge in [0.05, 0.1) is 0 Å². The molecule has 1 amide bonds. The molecule has 2 aromatic rings. The van der Waals surface area contributed by atoms with Crippen molar-refractivity contribution in [3.8, 4) is 0 Å². The van der Waals surface area contributed by atoms with E-state index in [1.807, 2.05) is 12.1 Å². The van der Waals surface area contributed by atoms with Crippen LogP contribution in [0.1, 0.15) is 65.2 Å². The first kappa shape index (κ1) is 45.8. The number of nitrogens with zero attached hydrogens (tertiary/aromatic N) is 1. The van der Waals surface area contributed by atoms with E-state index < -0.39 is 49.5 Å². The molecule has 0 saturated heterocycles. The number of carboxylic acid groups (broad SMARTS) is 3. The van der Waals surface area contributed by atoms with E-state index in [-0.39, 0.29) is 126 Å². The SMILES string of the molecule is CCC(CC(CC(CC(C)C(=O)[O-])C(=O)[O-])C(=O)N(C)CC1CCC(P(c2ccccc2)c2ccccc2)CC1)C(=O)[O-].[Na+].[Na+].[Na+]. The van der Waals surface area contributed by atoms with Gasteiger partial charge in [-0.05, 0) is 99.2 Å². The van der Waals surface area contributed by atoms with Crippen molar-refractivity contribution in [3.63, 3.8) is 0 Å². The van der Waals surface area contributed by atoms with Gasteiger partial charge in [0.25, 0.3) is 0 Å². The molecule has 0 heterocycles. The fraction of sp³-hybridized carbons (Fsp3) is 0.529. The summed E-state index contributed by atoms with van der Waals surface area (Å²) in [4.78, 5) is 50.2. The Morgan fingerprint density at radius 2 is 1.17 bits per heavy atom. The minimum absolute atomic E-state index is 0. The normalized spacial score (nSPS) is 18.3. The molecule has 46 heavy (non-hydrogen) atoms. The average Bonchev–Trinajstić information content (AvgIpc) is 3.00. The molecule has 12 heteroatoms. The number of carbonyl (C=O) groups excluding carboxylic acids is 4. The Hall–Kier alpha value is -0.250. The number of hydrogen-bond donors (Lipinski definition) is 0. The van der Waals surface area contributed by atoms with E-state index >= 15 is 0 Å². The van der Waals surface area contributed by atoms with Crippen molar-refractivity contribution in [2.24, 2.45) is 29.6 Å². The Morgan fingerprint density at radius 3 is 1.59 bits per heavy atom. The first-order chi connectivity index (χ1) is 20.5. The maximum Gasteiger partial charge on any atom is 1.00 e. The van der Waals surface area contributed by atoms with Crippen LogP contribution in [0.25, 0.3) is 0 Å². The van der Waals surface area contributed by atoms with Gasteiger partial charge in [-0.2, -0.15) is 0 Å². The van der Waals surface area contributed by atoms with Crippen molar-refractivity contribution in [2.45, 2.75) is 70.9 Å². The van der Waals surface area contributed by atoms with Crippen LogP contribution in [0.2, 0.25) is 0 Å². The smallest absolute Gasteiger partial charge is 0.550 e. The Balaban J connectivity index is 0.00000675. The van der Waals surface area contributed by atoms with E-state index in [1.165, 1.54) is 17.5 Å². The summed E-state index contributed by atoms with van der Waals surface area (Å²) in [6.07, 6.45) is 3.67. The number of hydrogen-bond acceptors (Lipinski definition) is 7. The molecule has 3 rings (SSSR count). The van der Waals surface area contributed by atoms with Crippen LogP contribution in [0, 0.1) is 29.6 Å². The number of carboxylic acids is 3. The van der Waals surface area contributed by atoms with Crippen LogP contribution in [0.4, 0.5) is 0 Å². The van der Waals surface area contributed by atoms with Gasteiger partial charge < -0.3 is 34.6 Å². The molecule has 1 aliphatic rings. The van der Waals surface area contributed by atoms with Gasteiger partial charge in [-0.25, -0.2) is 0 Å². The Morgan fingerprint density at radius 1 is 0.717 bits per heavy atom. The number of carbonyl (C=O) groups is 4. The molecule has 1 aliphatic carbocycles. The summed E-state index contributed by atoms with van der Waals surface area (Å²) in [5, 5.41) is 37.6. The summed E-state index contributed by atoms with van der Waals surface area (Å²) in [5.41, 5.74) is 0.521. The van der Waals surface area contributed by atoms with Gasteiger partial charge in [-0.1, -0.05) is 74.5 Å². The van der Waals surface area contributed by atoms with Crippen molar-refractivity contribution in [1.82, 2.24) is 4.90 Å². The van der Waals surface area contributed by atoms with E-state index in [0.29, 0.717) is 12.2 Å². The molecule has 1 saturated carbocycles. The topological polar surface area (TPSA) is 141 Å². The summed E-state index contributed by atoms with van der Waals surface area (Å²) in [5.74, 6) is -8.29. The molecule has 0 spiro atoms. The number of rotatable bonds is 16. The second-order valence-corrected chi connectivity index (χ2v) is 14.5. The minimum atomic E-state index is -1.46. The molecule has 1 fully saturated rings. The van der Waals surface area contributed by atoms with Crippen molar-refractivity contribution in [3.05, 3.63) is 60.7 Å². The first-order valence-electron chi connectivity index (χ1n) is 15.3. The fourth-order valence-electron chi connectivity index (χ4n) is 6.35. The molecule has 0 N–H and O–H groups in total. The maximum absolute atomic E-state index is 13.7. The summed E-state index contributed by atoms with van der Waals surface area (Å²) in [7, 11) is 1.15. The van der Waals surface area contributed by atoms with Gasteiger partial charge >= 0.3 is 88.7 Å². The van der Waals surface area contributed by atoms with Crippen LogP contribution >= 0.6 is 7.92 Å². The van der Waals surface area contributed by atoms with Gasteiger partial charge in [0, 0.05) is 37.4 Å². The van der Waals surface area contributed by atoms with Crippen molar-refractivity contribution < 1.29 is 123 Å². The molecule has 0 aliphatic heterocycles. The maximum atomic E-state index is 13.7. The van der Waals surface area contributed by atoms with Crippen molar-refractivity contribution in [1.29, 1.82) is 0 Å². The zero-order valence-electron chi connectivity index (χ0n) is 28.4. The summed E-state index contributed by atoms with van der Waals surface area (Å²) >= 11 is 0. The quantitative estimate of drug-likeness (QED) is 0.127. The second kappa shape index (κ2) is 23.2.